The molecule has 1 atom stereocenters. The van der Waals surface area contributed by atoms with Gasteiger partial charge >= 0.3 is 0 Å². The molecule has 2 amide bonds. The monoisotopic (exact) mass is 316 g/mol. The van der Waals surface area contributed by atoms with E-state index in [2.05, 4.69) is 15.5 Å². The first-order valence-electron chi connectivity index (χ1n) is 6.22. The van der Waals surface area contributed by atoms with Crippen LogP contribution in [0, 0.1) is 5.92 Å². The molecule has 0 aromatic carbocycles. The van der Waals surface area contributed by atoms with Gasteiger partial charge in [0.1, 0.15) is 0 Å². The van der Waals surface area contributed by atoms with Gasteiger partial charge < -0.3 is 10.2 Å². The number of rotatable bonds is 2. The molecule has 1 N–H and O–H groups in total. The lowest BCUT2D eigenvalue weighted by Gasteiger charge is -2.31. The fourth-order valence-electron chi connectivity index (χ4n) is 2.25. The van der Waals surface area contributed by atoms with Crippen LogP contribution in [0.4, 0.5) is 0 Å². The largest absolute Gasteiger partial charge is 0.359 e. The van der Waals surface area contributed by atoms with Gasteiger partial charge in [0, 0.05) is 20.1 Å². The molecular formula is C12H14Cl2N4O2. The Hall–Kier alpha value is -1.40. The van der Waals surface area contributed by atoms with E-state index in [9.17, 15) is 9.59 Å². The highest BCUT2D eigenvalue weighted by Gasteiger charge is 2.29. The Morgan fingerprint density at radius 2 is 2.15 bits per heavy atom. The van der Waals surface area contributed by atoms with E-state index in [-0.39, 0.29) is 33.6 Å². The Morgan fingerprint density at radius 1 is 1.40 bits per heavy atom. The molecule has 1 saturated heterocycles. The summed E-state index contributed by atoms with van der Waals surface area (Å²) in [5.74, 6) is -0.526. The molecule has 1 unspecified atom stereocenters. The molecule has 2 heterocycles. The van der Waals surface area contributed by atoms with Crippen molar-refractivity contribution < 1.29 is 9.59 Å². The first-order valence-corrected chi connectivity index (χ1v) is 6.98. The molecule has 6 nitrogen and oxygen atoms in total. The lowest BCUT2D eigenvalue weighted by Crippen LogP contribution is -2.44. The van der Waals surface area contributed by atoms with E-state index >= 15 is 0 Å². The van der Waals surface area contributed by atoms with Crippen molar-refractivity contribution in [3.05, 3.63) is 21.9 Å². The zero-order valence-corrected chi connectivity index (χ0v) is 12.4. The fourth-order valence-corrected chi connectivity index (χ4v) is 2.57. The van der Waals surface area contributed by atoms with Gasteiger partial charge in [-0.1, -0.05) is 23.2 Å². The summed E-state index contributed by atoms with van der Waals surface area (Å²) in [7, 11) is 1.59. The molecule has 1 aromatic heterocycles. The average molecular weight is 317 g/mol. The number of hydrogen-bond donors (Lipinski definition) is 1. The van der Waals surface area contributed by atoms with Crippen molar-refractivity contribution in [3.63, 3.8) is 0 Å². The highest BCUT2D eigenvalue weighted by molar-refractivity contribution is 6.34. The summed E-state index contributed by atoms with van der Waals surface area (Å²) in [6.07, 6.45) is 1.54. The Balaban J connectivity index is 2.16. The number of hydrogen-bond acceptors (Lipinski definition) is 4. The summed E-state index contributed by atoms with van der Waals surface area (Å²) in [4.78, 5) is 25.7. The number of nitrogens with zero attached hydrogens (tertiary/aromatic N) is 3. The van der Waals surface area contributed by atoms with E-state index in [4.69, 9.17) is 23.2 Å². The lowest BCUT2D eigenvalue weighted by molar-refractivity contribution is -0.125. The smallest absolute Gasteiger partial charge is 0.257 e. The number of amides is 2. The van der Waals surface area contributed by atoms with E-state index < -0.39 is 0 Å². The molecule has 20 heavy (non-hydrogen) atoms. The quantitative estimate of drug-likeness (QED) is 0.894. The highest BCUT2D eigenvalue weighted by atomic mass is 35.5. The van der Waals surface area contributed by atoms with Crippen molar-refractivity contribution >= 4 is 35.0 Å². The summed E-state index contributed by atoms with van der Waals surface area (Å²) < 4.78 is 0. The third kappa shape index (κ3) is 3.19. The minimum atomic E-state index is -0.277. The van der Waals surface area contributed by atoms with E-state index in [1.54, 1.807) is 11.9 Å². The number of aromatic nitrogens is 2. The van der Waals surface area contributed by atoms with Gasteiger partial charge in [-0.2, -0.15) is 0 Å². The van der Waals surface area contributed by atoms with E-state index in [0.717, 1.165) is 12.8 Å². The molecule has 1 aliphatic rings. The Labute approximate surface area is 126 Å². The maximum atomic E-state index is 12.4. The average Bonchev–Trinajstić information content (AvgIpc) is 2.48. The van der Waals surface area contributed by atoms with Gasteiger partial charge in [-0.05, 0) is 18.9 Å². The summed E-state index contributed by atoms with van der Waals surface area (Å²) in [5, 5.41) is 9.93. The van der Waals surface area contributed by atoms with Crippen LogP contribution in [0.5, 0.6) is 0 Å². The number of nitrogens with one attached hydrogen (secondary N) is 1. The first-order chi connectivity index (χ1) is 9.52. The molecule has 0 bridgehead atoms. The summed E-state index contributed by atoms with van der Waals surface area (Å²) in [5.41, 5.74) is 0.212. The summed E-state index contributed by atoms with van der Waals surface area (Å²) >= 11 is 11.6. The first kappa shape index (κ1) is 15.0. The van der Waals surface area contributed by atoms with E-state index in [1.165, 1.54) is 6.07 Å². The number of likely N-dealkylation sites (tertiary alicyclic amines) is 1. The second-order valence-electron chi connectivity index (χ2n) is 4.58. The third-order valence-electron chi connectivity index (χ3n) is 3.28. The predicted octanol–water partition coefficient (Wildman–Crippen LogP) is 1.38. The molecule has 1 aromatic rings. The van der Waals surface area contributed by atoms with Gasteiger partial charge in [0.15, 0.2) is 10.3 Å². The Morgan fingerprint density at radius 3 is 2.85 bits per heavy atom. The molecule has 0 aliphatic carbocycles. The maximum Gasteiger partial charge on any atom is 0.257 e. The van der Waals surface area contributed by atoms with Crippen LogP contribution in [-0.2, 0) is 4.79 Å². The minimum absolute atomic E-state index is 0.0152. The van der Waals surface area contributed by atoms with Gasteiger partial charge in [0.05, 0.1) is 11.5 Å². The highest BCUT2D eigenvalue weighted by Crippen LogP contribution is 2.22. The second kappa shape index (κ2) is 6.37. The Kier molecular flexibility index (Phi) is 4.77. The fraction of sp³-hybridized carbons (Fsp3) is 0.500. The summed E-state index contributed by atoms with van der Waals surface area (Å²) in [6, 6.07) is 1.39. The standard InChI is InChI=1S/C12H14Cl2N4O2/c1-15-11(19)7-3-2-4-18(6-7)12(20)8-5-9(13)16-17-10(8)14/h5,7H,2-4,6H2,1H3,(H,15,19). The minimum Gasteiger partial charge on any atom is -0.359 e. The van der Waals surface area contributed by atoms with E-state index in [1.807, 2.05) is 0 Å². The lowest BCUT2D eigenvalue weighted by atomic mass is 9.97. The zero-order valence-electron chi connectivity index (χ0n) is 10.9. The third-order valence-corrected chi connectivity index (χ3v) is 3.74. The number of halogens is 2. The van der Waals surface area contributed by atoms with E-state index in [0.29, 0.717) is 13.1 Å². The van der Waals surface area contributed by atoms with Crippen LogP contribution in [0.25, 0.3) is 0 Å². The molecule has 0 saturated carbocycles. The van der Waals surface area contributed by atoms with Crippen LogP contribution in [0.1, 0.15) is 23.2 Å². The number of carbonyl (C=O) groups is 2. The summed E-state index contributed by atoms with van der Waals surface area (Å²) in [6.45, 7) is 0.956. The van der Waals surface area contributed by atoms with Gasteiger partial charge in [-0.15, -0.1) is 10.2 Å². The predicted molar refractivity (Wildman–Crippen MR) is 74.7 cm³/mol. The van der Waals surface area contributed by atoms with Crippen LogP contribution in [-0.4, -0.2) is 47.0 Å². The van der Waals surface area contributed by atoms with Gasteiger partial charge in [0.2, 0.25) is 5.91 Å². The SMILES string of the molecule is CNC(=O)C1CCCN(C(=O)c2cc(Cl)nnc2Cl)C1. The second-order valence-corrected chi connectivity index (χ2v) is 5.32. The van der Waals surface area contributed by atoms with Crippen molar-refractivity contribution in [2.45, 2.75) is 12.8 Å². The van der Waals surface area contributed by atoms with Crippen LogP contribution in [0.15, 0.2) is 6.07 Å². The van der Waals surface area contributed by atoms with Crippen LogP contribution in [0.2, 0.25) is 10.3 Å². The molecule has 0 radical (unpaired) electrons. The molecular weight excluding hydrogens is 303 g/mol. The van der Waals surface area contributed by atoms with Crippen molar-refractivity contribution in [2.75, 3.05) is 20.1 Å². The van der Waals surface area contributed by atoms with Crippen molar-refractivity contribution in [3.8, 4) is 0 Å². The van der Waals surface area contributed by atoms with Gasteiger partial charge in [0.25, 0.3) is 5.91 Å². The number of piperidine rings is 1. The van der Waals surface area contributed by atoms with Crippen molar-refractivity contribution in [1.29, 1.82) is 0 Å². The van der Waals surface area contributed by atoms with Crippen LogP contribution < -0.4 is 5.32 Å². The van der Waals surface area contributed by atoms with Crippen LogP contribution >= 0.6 is 23.2 Å². The van der Waals surface area contributed by atoms with Crippen LogP contribution in [0.3, 0.4) is 0 Å². The maximum absolute atomic E-state index is 12.4. The molecule has 0 spiro atoms. The molecule has 8 heteroatoms. The molecule has 1 aliphatic heterocycles. The van der Waals surface area contributed by atoms with Gasteiger partial charge in [-0.3, -0.25) is 9.59 Å². The molecule has 108 valence electrons. The Bertz CT molecular complexity index is 538. The normalized spacial score (nSPS) is 18.8. The van der Waals surface area contributed by atoms with Crippen molar-refractivity contribution in [1.82, 2.24) is 20.4 Å². The molecule has 2 rings (SSSR count). The zero-order chi connectivity index (χ0) is 14.7. The molecule has 1 fully saturated rings. The van der Waals surface area contributed by atoms with Gasteiger partial charge in [-0.25, -0.2) is 0 Å². The topological polar surface area (TPSA) is 75.2 Å². The number of carbonyl (C=O) groups excluding carboxylic acids is 2. The van der Waals surface area contributed by atoms with Crippen molar-refractivity contribution in [2.24, 2.45) is 5.92 Å².